The highest BCUT2D eigenvalue weighted by Crippen LogP contribution is 2.44. The highest BCUT2D eigenvalue weighted by molar-refractivity contribution is 6.00. The van der Waals surface area contributed by atoms with E-state index in [2.05, 4.69) is 15.1 Å². The van der Waals surface area contributed by atoms with E-state index in [1.165, 1.54) is 11.4 Å². The average Bonchev–Trinajstić information content (AvgIpc) is 3.62. The van der Waals surface area contributed by atoms with Gasteiger partial charge in [0.15, 0.2) is 11.4 Å². The predicted molar refractivity (Wildman–Crippen MR) is 134 cm³/mol. The summed E-state index contributed by atoms with van der Waals surface area (Å²) in [7, 11) is 0. The highest BCUT2D eigenvalue weighted by atomic mass is 16.3. The minimum atomic E-state index is -0.483. The molecule has 6 heterocycles. The van der Waals surface area contributed by atoms with Gasteiger partial charge in [0.2, 0.25) is 5.91 Å². The molecule has 3 aliphatic rings. The van der Waals surface area contributed by atoms with Crippen molar-refractivity contribution in [2.24, 2.45) is 4.99 Å². The van der Waals surface area contributed by atoms with Gasteiger partial charge in [-0.3, -0.25) is 19.6 Å². The minimum absolute atomic E-state index is 0.0214. The standard InChI is InChI=1S/C26H27N7O3/c1-14(35)23-24(16-9-17-5-6-18(10-16)32(17)22(36)13-34)31-26-19(12-30-33(26)25(23)27)15-4-7-21(29-11-15)20-3-2-8-28-20/h3-4,7-8,11-12,16-18,34H,2,5-6,9-10,13,27H2,1H3/t16?,17-,18+. The zero-order chi connectivity index (χ0) is 25.0. The van der Waals surface area contributed by atoms with Gasteiger partial charge in [0.05, 0.1) is 28.8 Å². The lowest BCUT2D eigenvalue weighted by molar-refractivity contribution is -0.138. The van der Waals surface area contributed by atoms with E-state index in [0.717, 1.165) is 41.8 Å². The molecule has 3 aromatic heterocycles. The number of hydrogen-bond acceptors (Lipinski definition) is 8. The number of allylic oxidation sites excluding steroid dienone is 1. The number of carbonyl (C=O) groups is 2. The Labute approximate surface area is 207 Å². The van der Waals surface area contributed by atoms with Crippen molar-refractivity contribution in [3.63, 3.8) is 0 Å². The number of nitrogen functional groups attached to an aromatic ring is 1. The number of nitrogens with two attached hydrogens (primary N) is 1. The molecule has 36 heavy (non-hydrogen) atoms. The third-order valence-corrected chi connectivity index (χ3v) is 7.59. The lowest BCUT2D eigenvalue weighted by Gasteiger charge is -2.39. The average molecular weight is 486 g/mol. The van der Waals surface area contributed by atoms with E-state index in [4.69, 9.17) is 10.7 Å². The zero-order valence-electron chi connectivity index (χ0n) is 20.0. The normalized spacial score (nSPS) is 22.9. The van der Waals surface area contributed by atoms with Gasteiger partial charge in [-0.1, -0.05) is 12.1 Å². The van der Waals surface area contributed by atoms with Gasteiger partial charge in [-0.15, -0.1) is 0 Å². The molecule has 10 nitrogen and oxygen atoms in total. The molecule has 0 saturated carbocycles. The van der Waals surface area contributed by atoms with Crippen molar-refractivity contribution in [2.75, 3.05) is 12.3 Å². The Morgan fingerprint density at radius 3 is 2.56 bits per heavy atom. The zero-order valence-corrected chi connectivity index (χ0v) is 20.0. The summed E-state index contributed by atoms with van der Waals surface area (Å²) in [6, 6.07) is 3.94. The summed E-state index contributed by atoms with van der Waals surface area (Å²) < 4.78 is 1.52. The summed E-state index contributed by atoms with van der Waals surface area (Å²) in [6.07, 6.45) is 11.3. The number of nitrogens with zero attached hydrogens (tertiary/aromatic N) is 6. The fourth-order valence-corrected chi connectivity index (χ4v) is 6.03. The molecule has 0 radical (unpaired) electrons. The fourth-order valence-electron chi connectivity index (χ4n) is 6.03. The maximum atomic E-state index is 12.7. The third kappa shape index (κ3) is 3.51. The summed E-state index contributed by atoms with van der Waals surface area (Å²) >= 11 is 0. The summed E-state index contributed by atoms with van der Waals surface area (Å²) in [6.45, 7) is 1.01. The Hall–Kier alpha value is -3.92. The summed E-state index contributed by atoms with van der Waals surface area (Å²) in [4.78, 5) is 40.8. The lowest BCUT2D eigenvalue weighted by atomic mass is 9.85. The van der Waals surface area contributed by atoms with Crippen LogP contribution in [0.15, 0.2) is 35.6 Å². The number of amides is 1. The van der Waals surface area contributed by atoms with Crippen LogP contribution in [0.4, 0.5) is 5.82 Å². The van der Waals surface area contributed by atoms with E-state index in [-0.39, 0.29) is 35.5 Å². The van der Waals surface area contributed by atoms with Crippen molar-refractivity contribution in [3.05, 3.63) is 47.6 Å². The Balaban J connectivity index is 1.41. The second-order valence-electron chi connectivity index (χ2n) is 9.69. The summed E-state index contributed by atoms with van der Waals surface area (Å²) in [5, 5.41) is 13.9. The number of pyridine rings is 1. The van der Waals surface area contributed by atoms with Gasteiger partial charge in [0, 0.05) is 48.0 Å². The first-order valence-electron chi connectivity index (χ1n) is 12.3. The Kier molecular flexibility index (Phi) is 5.40. The monoisotopic (exact) mass is 485 g/mol. The Morgan fingerprint density at radius 1 is 1.17 bits per heavy atom. The van der Waals surface area contributed by atoms with Crippen molar-refractivity contribution in [1.29, 1.82) is 0 Å². The van der Waals surface area contributed by atoms with E-state index in [1.807, 2.05) is 29.3 Å². The molecule has 2 bridgehead atoms. The molecule has 3 aliphatic heterocycles. The number of rotatable bonds is 5. The maximum absolute atomic E-state index is 12.7. The number of fused-ring (bicyclic) bond motifs is 3. The summed E-state index contributed by atoms with van der Waals surface area (Å²) in [5.74, 6) is -0.146. The molecule has 0 aliphatic carbocycles. The van der Waals surface area contributed by atoms with Gasteiger partial charge in [-0.25, -0.2) is 4.98 Å². The van der Waals surface area contributed by atoms with E-state index in [1.54, 1.807) is 12.4 Å². The molecule has 0 aromatic carbocycles. The first-order valence-corrected chi connectivity index (χ1v) is 12.3. The van der Waals surface area contributed by atoms with Crippen LogP contribution in [0, 0.1) is 0 Å². The number of aromatic nitrogens is 4. The smallest absolute Gasteiger partial charge is 0.248 e. The van der Waals surface area contributed by atoms with Crippen LogP contribution in [0.3, 0.4) is 0 Å². The number of carbonyl (C=O) groups excluding carboxylic acids is 2. The van der Waals surface area contributed by atoms with E-state index in [9.17, 15) is 14.7 Å². The molecule has 6 rings (SSSR count). The van der Waals surface area contributed by atoms with Crippen LogP contribution in [0.2, 0.25) is 0 Å². The predicted octanol–water partition coefficient (Wildman–Crippen LogP) is 2.62. The molecule has 0 spiro atoms. The minimum Gasteiger partial charge on any atom is -0.387 e. The SMILES string of the molecule is CC(=O)c1c(C2C[C@H]3CC[C@@H](C2)N3C(=O)CO)nc2c(-c3ccc(C4=CCC=N4)nc3)cnn2c1N. The van der Waals surface area contributed by atoms with Gasteiger partial charge in [-0.05, 0) is 38.7 Å². The topological polar surface area (TPSA) is 139 Å². The third-order valence-electron chi connectivity index (χ3n) is 7.59. The number of Topliss-reactive ketones (excluding diaryl/α,β-unsaturated/α-hetero) is 1. The fraction of sp³-hybridized carbons (Fsp3) is 0.385. The molecule has 2 fully saturated rings. The quantitative estimate of drug-likeness (QED) is 0.530. The van der Waals surface area contributed by atoms with E-state index < -0.39 is 6.61 Å². The molecule has 10 heteroatoms. The van der Waals surface area contributed by atoms with Crippen molar-refractivity contribution in [1.82, 2.24) is 24.5 Å². The van der Waals surface area contributed by atoms with Crippen LogP contribution in [0.25, 0.3) is 22.5 Å². The molecule has 3 aromatic rings. The van der Waals surface area contributed by atoms with Crippen molar-refractivity contribution in [3.8, 4) is 11.1 Å². The second kappa shape index (κ2) is 8.63. The van der Waals surface area contributed by atoms with Gasteiger partial charge in [0.25, 0.3) is 0 Å². The van der Waals surface area contributed by atoms with Crippen molar-refractivity contribution in [2.45, 2.75) is 57.0 Å². The number of aliphatic hydroxyl groups is 1. The molecule has 1 amide bonds. The van der Waals surface area contributed by atoms with Crippen LogP contribution in [-0.2, 0) is 4.79 Å². The van der Waals surface area contributed by atoms with Crippen LogP contribution < -0.4 is 5.73 Å². The number of aliphatic imine (C=N–C) groups is 1. The largest absolute Gasteiger partial charge is 0.387 e. The summed E-state index contributed by atoms with van der Waals surface area (Å²) in [5.41, 5.74) is 11.4. The second-order valence-corrected chi connectivity index (χ2v) is 9.69. The molecule has 1 unspecified atom stereocenters. The lowest BCUT2D eigenvalue weighted by Crippen LogP contribution is -2.47. The Bertz CT molecular complexity index is 1430. The molecule has 3 N–H and O–H groups in total. The molecular weight excluding hydrogens is 458 g/mol. The Morgan fingerprint density at radius 2 is 1.94 bits per heavy atom. The molecule has 3 atom stereocenters. The number of piperidine rings is 1. The molecular formula is C26H27N7O3. The molecule has 184 valence electrons. The van der Waals surface area contributed by atoms with E-state index in [0.29, 0.717) is 29.7 Å². The van der Waals surface area contributed by atoms with Gasteiger partial charge in [0.1, 0.15) is 12.4 Å². The maximum Gasteiger partial charge on any atom is 0.248 e. The molecule has 2 saturated heterocycles. The first-order chi connectivity index (χ1) is 17.5. The van der Waals surface area contributed by atoms with Gasteiger partial charge in [-0.2, -0.15) is 9.61 Å². The number of ketones is 1. The van der Waals surface area contributed by atoms with E-state index >= 15 is 0 Å². The van der Waals surface area contributed by atoms with Crippen molar-refractivity contribution >= 4 is 35.1 Å². The van der Waals surface area contributed by atoms with Gasteiger partial charge < -0.3 is 15.7 Å². The van der Waals surface area contributed by atoms with Crippen LogP contribution in [-0.4, -0.2) is 66.2 Å². The van der Waals surface area contributed by atoms with Gasteiger partial charge >= 0.3 is 0 Å². The first kappa shape index (κ1) is 22.5. The number of anilines is 1. The van der Waals surface area contributed by atoms with Crippen molar-refractivity contribution < 1.29 is 14.7 Å². The van der Waals surface area contributed by atoms with Crippen LogP contribution in [0.1, 0.15) is 66.7 Å². The number of aliphatic hydroxyl groups excluding tert-OH is 1. The van der Waals surface area contributed by atoms with Crippen LogP contribution >= 0.6 is 0 Å². The van der Waals surface area contributed by atoms with Crippen LogP contribution in [0.5, 0.6) is 0 Å². The number of hydrogen-bond donors (Lipinski definition) is 2. The highest BCUT2D eigenvalue weighted by Gasteiger charge is 2.44.